The third-order valence-electron chi connectivity index (χ3n) is 5.79. The molecule has 2 aromatic rings. The number of amides is 2. The van der Waals surface area contributed by atoms with E-state index in [4.69, 9.17) is 4.74 Å². The van der Waals surface area contributed by atoms with Crippen LogP contribution in [0.25, 0.3) is 0 Å². The van der Waals surface area contributed by atoms with Crippen molar-refractivity contribution in [3.63, 3.8) is 0 Å². The highest BCUT2D eigenvalue weighted by molar-refractivity contribution is 7.85. The van der Waals surface area contributed by atoms with Crippen molar-refractivity contribution in [2.24, 2.45) is 0 Å². The Bertz CT molecular complexity index is 1120. The van der Waals surface area contributed by atoms with Crippen LogP contribution < -0.4 is 5.56 Å². The highest BCUT2D eigenvalue weighted by Gasteiger charge is 2.38. The molecule has 1 aromatic heterocycles. The van der Waals surface area contributed by atoms with Crippen LogP contribution >= 0.6 is 0 Å². The number of hydrogen-bond donors (Lipinski definition) is 1. The average Bonchev–Trinajstić information content (AvgIpc) is 3.30. The molecule has 2 unspecified atom stereocenters. The molecule has 4 rings (SSSR count). The van der Waals surface area contributed by atoms with Gasteiger partial charge in [0.15, 0.2) is 5.69 Å². The number of rotatable bonds is 5. The third-order valence-corrected chi connectivity index (χ3v) is 7.14. The van der Waals surface area contributed by atoms with E-state index in [1.807, 2.05) is 6.07 Å². The van der Waals surface area contributed by atoms with Crippen LogP contribution in [0.2, 0.25) is 0 Å². The van der Waals surface area contributed by atoms with Crippen molar-refractivity contribution in [2.75, 3.05) is 32.5 Å². The van der Waals surface area contributed by atoms with Crippen molar-refractivity contribution in [1.29, 1.82) is 0 Å². The molecule has 0 spiro atoms. The quantitative estimate of drug-likeness (QED) is 0.709. The van der Waals surface area contributed by atoms with Gasteiger partial charge in [0.2, 0.25) is 5.75 Å². The molecule has 0 radical (unpaired) electrons. The van der Waals surface area contributed by atoms with E-state index < -0.39 is 40.2 Å². The van der Waals surface area contributed by atoms with Gasteiger partial charge >= 0.3 is 11.7 Å². The minimum atomic E-state index is -1.28. The first-order valence-electron chi connectivity index (χ1n) is 10.3. The molecule has 10 nitrogen and oxygen atoms in total. The normalized spacial score (nSPS) is 19.0. The highest BCUT2D eigenvalue weighted by atomic mass is 32.2. The Hall–Kier alpha value is -3.21. The average molecular weight is 461 g/mol. The van der Waals surface area contributed by atoms with Crippen LogP contribution in [0.15, 0.2) is 40.0 Å². The van der Waals surface area contributed by atoms with E-state index in [1.165, 1.54) is 21.5 Å². The van der Waals surface area contributed by atoms with E-state index >= 15 is 0 Å². The van der Waals surface area contributed by atoms with Crippen LogP contribution in [-0.2, 0) is 22.1 Å². The summed E-state index contributed by atoms with van der Waals surface area (Å²) in [5.41, 5.74) is -1.06. The smallest absolute Gasteiger partial charge is 0.410 e. The number of ether oxygens (including phenoxy) is 1. The Balaban J connectivity index is 1.60. The lowest BCUT2D eigenvalue weighted by molar-refractivity contribution is 0.0700. The van der Waals surface area contributed by atoms with Crippen molar-refractivity contribution >= 4 is 22.8 Å². The second kappa shape index (κ2) is 9.11. The van der Waals surface area contributed by atoms with Crippen molar-refractivity contribution in [3.8, 4) is 5.75 Å². The molecule has 11 heteroatoms. The molecule has 2 aliphatic heterocycles. The van der Waals surface area contributed by atoms with Gasteiger partial charge in [-0.3, -0.25) is 18.7 Å². The predicted molar refractivity (Wildman–Crippen MR) is 115 cm³/mol. The second-order valence-corrected chi connectivity index (χ2v) is 9.17. The maximum atomic E-state index is 13.2. The van der Waals surface area contributed by atoms with E-state index in [2.05, 4.69) is 4.98 Å². The van der Waals surface area contributed by atoms with Crippen LogP contribution in [0.5, 0.6) is 5.75 Å². The number of fused-ring (bicyclic) bond motifs is 1. The molecule has 2 aliphatic rings. The second-order valence-electron chi connectivity index (χ2n) is 7.60. The summed E-state index contributed by atoms with van der Waals surface area (Å²) in [4.78, 5) is 45.3. The molecular weight excluding hydrogens is 436 g/mol. The number of carbonyl (C=O) groups is 2. The molecule has 1 fully saturated rings. The number of methoxy groups -OCH3 is 1. The minimum absolute atomic E-state index is 0.145. The van der Waals surface area contributed by atoms with Crippen molar-refractivity contribution in [2.45, 2.75) is 30.3 Å². The van der Waals surface area contributed by atoms with Crippen LogP contribution in [0, 0.1) is 0 Å². The summed E-state index contributed by atoms with van der Waals surface area (Å²) in [6, 6.07) is 8.45. The largest absolute Gasteiger partial charge is 0.501 e. The fourth-order valence-electron chi connectivity index (χ4n) is 4.20. The van der Waals surface area contributed by atoms with Gasteiger partial charge in [-0.25, -0.2) is 4.79 Å². The van der Waals surface area contributed by atoms with Crippen LogP contribution in [0.1, 0.15) is 35.2 Å². The zero-order chi connectivity index (χ0) is 22.8. The van der Waals surface area contributed by atoms with E-state index in [0.717, 1.165) is 0 Å². The summed E-state index contributed by atoms with van der Waals surface area (Å²) < 4.78 is 18.9. The van der Waals surface area contributed by atoms with Crippen molar-refractivity contribution in [1.82, 2.24) is 19.4 Å². The predicted octanol–water partition coefficient (Wildman–Crippen LogP) is 1.12. The number of nitrogens with zero attached hydrogens (tertiary/aromatic N) is 4. The number of hydrogen-bond acceptors (Lipinski definition) is 7. The first-order chi connectivity index (χ1) is 15.4. The van der Waals surface area contributed by atoms with Gasteiger partial charge in [0, 0.05) is 36.8 Å². The van der Waals surface area contributed by atoms with Gasteiger partial charge < -0.3 is 19.3 Å². The van der Waals surface area contributed by atoms with Gasteiger partial charge in [0.05, 0.1) is 24.0 Å². The molecule has 1 saturated heterocycles. The number of carbonyl (C=O) groups excluding carboxylic acids is 2. The molecule has 2 atom stereocenters. The lowest BCUT2D eigenvalue weighted by Gasteiger charge is -2.33. The van der Waals surface area contributed by atoms with E-state index in [1.54, 1.807) is 24.3 Å². The SMILES string of the molecule is COC(=O)N1CCCC1c1nc(=O)c(O)c2n1CCN(CCS(=O)c1ccccc1)C2=O. The molecule has 170 valence electrons. The van der Waals surface area contributed by atoms with Crippen LogP contribution in [0.3, 0.4) is 0 Å². The summed E-state index contributed by atoms with van der Waals surface area (Å²) in [6.45, 7) is 1.26. The Morgan fingerprint density at radius 1 is 1.22 bits per heavy atom. The molecule has 0 bridgehead atoms. The number of aromatic nitrogens is 2. The van der Waals surface area contributed by atoms with Crippen LogP contribution in [-0.4, -0.2) is 73.2 Å². The van der Waals surface area contributed by atoms with E-state index in [0.29, 0.717) is 37.4 Å². The van der Waals surface area contributed by atoms with Crippen molar-refractivity contribution < 1.29 is 23.6 Å². The minimum Gasteiger partial charge on any atom is -0.501 e. The Kier molecular flexibility index (Phi) is 6.26. The maximum Gasteiger partial charge on any atom is 0.410 e. The molecule has 1 N–H and O–H groups in total. The molecule has 2 amide bonds. The van der Waals surface area contributed by atoms with E-state index in [-0.39, 0.29) is 23.8 Å². The van der Waals surface area contributed by atoms with E-state index in [9.17, 15) is 23.7 Å². The molecule has 32 heavy (non-hydrogen) atoms. The van der Waals surface area contributed by atoms with Gasteiger partial charge in [-0.15, -0.1) is 0 Å². The highest BCUT2D eigenvalue weighted by Crippen LogP contribution is 2.33. The van der Waals surface area contributed by atoms with Gasteiger partial charge in [0.1, 0.15) is 5.82 Å². The van der Waals surface area contributed by atoms with Gasteiger partial charge in [-0.05, 0) is 25.0 Å². The Morgan fingerprint density at radius 3 is 2.69 bits per heavy atom. The van der Waals surface area contributed by atoms with Crippen molar-refractivity contribution in [3.05, 3.63) is 52.2 Å². The summed E-state index contributed by atoms with van der Waals surface area (Å²) in [5, 5.41) is 10.4. The summed E-state index contributed by atoms with van der Waals surface area (Å²) in [5.74, 6) is -0.735. The Labute approximate surface area is 186 Å². The topological polar surface area (TPSA) is 122 Å². The summed E-state index contributed by atoms with van der Waals surface area (Å²) in [6.07, 6.45) is 0.744. The molecular formula is C21H24N4O6S. The standard InChI is InChI=1S/C21H24N4O6S/c1-31-21(29)24-9-5-8-15(24)18-22-19(27)17(26)16-20(28)23(10-11-25(16)18)12-13-32(30)14-6-3-2-4-7-14/h2-4,6-7,15,26H,5,8-13H2,1H3. The maximum absolute atomic E-state index is 13.2. The number of benzene rings is 1. The number of aromatic hydroxyl groups is 1. The first kappa shape index (κ1) is 22.0. The number of likely N-dealkylation sites (tertiary alicyclic amines) is 1. The molecule has 3 heterocycles. The Morgan fingerprint density at radius 2 is 1.97 bits per heavy atom. The zero-order valence-corrected chi connectivity index (χ0v) is 18.4. The third kappa shape index (κ3) is 3.99. The molecule has 0 saturated carbocycles. The fraction of sp³-hybridized carbons (Fsp3) is 0.429. The van der Waals surface area contributed by atoms with Gasteiger partial charge in [0.25, 0.3) is 5.91 Å². The first-order valence-corrected chi connectivity index (χ1v) is 11.6. The van der Waals surface area contributed by atoms with Crippen LogP contribution in [0.4, 0.5) is 4.79 Å². The summed E-state index contributed by atoms with van der Waals surface area (Å²) >= 11 is 0. The summed E-state index contributed by atoms with van der Waals surface area (Å²) in [7, 11) is 0.00176. The lowest BCUT2D eigenvalue weighted by atomic mass is 10.1. The van der Waals surface area contributed by atoms with Gasteiger partial charge in [-0.1, -0.05) is 18.2 Å². The molecule has 0 aliphatic carbocycles. The van der Waals surface area contributed by atoms with Gasteiger partial charge in [-0.2, -0.15) is 4.98 Å². The molecule has 1 aromatic carbocycles. The lowest BCUT2D eigenvalue weighted by Crippen LogP contribution is -2.45. The zero-order valence-electron chi connectivity index (χ0n) is 17.6. The monoisotopic (exact) mass is 460 g/mol. The fourth-order valence-corrected chi connectivity index (χ4v) is 5.28.